The summed E-state index contributed by atoms with van der Waals surface area (Å²) in [5, 5.41) is 13.7. The summed E-state index contributed by atoms with van der Waals surface area (Å²) in [6, 6.07) is 5.46. The van der Waals surface area contributed by atoms with Crippen molar-refractivity contribution in [3.63, 3.8) is 0 Å². The molecule has 18 heavy (non-hydrogen) atoms. The lowest BCUT2D eigenvalue weighted by Crippen LogP contribution is -2.27. The predicted molar refractivity (Wildman–Crippen MR) is 75.8 cm³/mol. The summed E-state index contributed by atoms with van der Waals surface area (Å²) in [7, 11) is 0. The highest BCUT2D eigenvalue weighted by Gasteiger charge is 2.25. The Labute approximate surface area is 123 Å². The van der Waals surface area contributed by atoms with Crippen molar-refractivity contribution < 1.29 is 9.84 Å². The maximum Gasteiger partial charge on any atom is 0.0888 e. The quantitative estimate of drug-likeness (QED) is 0.882. The first-order valence-corrected chi connectivity index (χ1v) is 6.36. The second-order valence-electron chi connectivity index (χ2n) is 4.11. The number of aliphatic hydroxyl groups excluding tert-OH is 1. The summed E-state index contributed by atoms with van der Waals surface area (Å²) in [5.41, 5.74) is 0.960. The van der Waals surface area contributed by atoms with Gasteiger partial charge in [-0.15, -0.1) is 12.4 Å². The van der Waals surface area contributed by atoms with Gasteiger partial charge in [0.15, 0.2) is 0 Å². The van der Waals surface area contributed by atoms with Crippen LogP contribution in [0.2, 0.25) is 10.0 Å². The van der Waals surface area contributed by atoms with E-state index in [1.807, 2.05) is 12.1 Å². The van der Waals surface area contributed by atoms with Gasteiger partial charge in [0.05, 0.1) is 22.8 Å². The van der Waals surface area contributed by atoms with Gasteiger partial charge in [0.25, 0.3) is 0 Å². The zero-order chi connectivity index (χ0) is 12.3. The molecule has 0 saturated carbocycles. The molecule has 0 aromatic heterocycles. The maximum absolute atomic E-state index is 9.39. The number of aliphatic hydroxyl groups is 1. The van der Waals surface area contributed by atoms with Gasteiger partial charge in [0.2, 0.25) is 0 Å². The summed E-state index contributed by atoms with van der Waals surface area (Å²) in [6.45, 7) is 2.25. The Balaban J connectivity index is 0.00000162. The fourth-order valence-corrected chi connectivity index (χ4v) is 2.31. The summed E-state index contributed by atoms with van der Waals surface area (Å²) in [6.07, 6.45) is -0.134. The zero-order valence-electron chi connectivity index (χ0n) is 9.73. The van der Waals surface area contributed by atoms with E-state index in [2.05, 4.69) is 5.32 Å². The van der Waals surface area contributed by atoms with Crippen molar-refractivity contribution in [1.82, 2.24) is 5.32 Å². The van der Waals surface area contributed by atoms with Crippen molar-refractivity contribution in [1.29, 1.82) is 0 Å². The van der Waals surface area contributed by atoms with Crippen LogP contribution in [0.4, 0.5) is 0 Å². The summed E-state index contributed by atoms with van der Waals surface area (Å²) in [5.74, 6) is 0.0368. The van der Waals surface area contributed by atoms with Crippen LogP contribution in [0, 0.1) is 5.92 Å². The van der Waals surface area contributed by atoms with Crippen LogP contribution in [0.1, 0.15) is 11.7 Å². The minimum Gasteiger partial charge on any atom is -0.396 e. The second kappa shape index (κ2) is 7.53. The molecule has 1 aliphatic heterocycles. The van der Waals surface area contributed by atoms with Gasteiger partial charge in [0, 0.05) is 25.6 Å². The van der Waals surface area contributed by atoms with Crippen molar-refractivity contribution in [2.75, 3.05) is 26.3 Å². The van der Waals surface area contributed by atoms with E-state index in [1.165, 1.54) is 0 Å². The summed E-state index contributed by atoms with van der Waals surface area (Å²) >= 11 is 11.9. The Kier molecular flexibility index (Phi) is 6.71. The molecule has 1 heterocycles. The van der Waals surface area contributed by atoms with Crippen molar-refractivity contribution in [2.45, 2.75) is 6.10 Å². The molecule has 1 aromatic rings. The van der Waals surface area contributed by atoms with E-state index in [4.69, 9.17) is 27.9 Å². The van der Waals surface area contributed by atoms with Crippen LogP contribution in [0.5, 0.6) is 0 Å². The van der Waals surface area contributed by atoms with E-state index in [0.717, 1.165) is 18.7 Å². The van der Waals surface area contributed by atoms with Gasteiger partial charge in [-0.3, -0.25) is 0 Å². The van der Waals surface area contributed by atoms with Crippen molar-refractivity contribution in [2.24, 2.45) is 5.92 Å². The molecular weight excluding hydrogens is 296 g/mol. The van der Waals surface area contributed by atoms with Gasteiger partial charge < -0.3 is 15.2 Å². The smallest absolute Gasteiger partial charge is 0.0888 e. The molecule has 2 N–H and O–H groups in total. The molecule has 0 unspecified atom stereocenters. The molecule has 1 aromatic carbocycles. The fourth-order valence-electron chi connectivity index (χ4n) is 2.01. The molecule has 1 saturated heterocycles. The van der Waals surface area contributed by atoms with Crippen molar-refractivity contribution in [3.05, 3.63) is 33.8 Å². The third kappa shape index (κ3) is 3.73. The number of rotatable bonds is 2. The van der Waals surface area contributed by atoms with Crippen LogP contribution in [0.15, 0.2) is 18.2 Å². The van der Waals surface area contributed by atoms with Crippen LogP contribution in [-0.2, 0) is 4.74 Å². The molecule has 2 rings (SSSR count). The summed E-state index contributed by atoms with van der Waals surface area (Å²) < 4.78 is 5.76. The fraction of sp³-hybridized carbons (Fsp3) is 0.500. The van der Waals surface area contributed by atoms with Gasteiger partial charge in [-0.05, 0) is 17.7 Å². The van der Waals surface area contributed by atoms with Crippen LogP contribution >= 0.6 is 35.6 Å². The van der Waals surface area contributed by atoms with Gasteiger partial charge in [-0.1, -0.05) is 29.3 Å². The first-order chi connectivity index (χ1) is 8.22. The standard InChI is InChI=1S/C12H15Cl2NO2.ClH/c13-10-2-1-8(5-11(10)14)12-9(7-16)6-15-3-4-17-12;/h1-2,5,9,12,15-16H,3-4,6-7H2;1H/t9-,12+;/m0./s1. The predicted octanol–water partition coefficient (Wildman–Crippen LogP) is 2.68. The molecule has 102 valence electrons. The van der Waals surface area contributed by atoms with E-state index in [0.29, 0.717) is 16.7 Å². The van der Waals surface area contributed by atoms with Gasteiger partial charge in [-0.25, -0.2) is 0 Å². The normalized spacial score (nSPS) is 24.2. The molecule has 6 heteroatoms. The number of hydrogen-bond acceptors (Lipinski definition) is 3. The number of benzene rings is 1. The number of halogens is 3. The Bertz CT molecular complexity index is 390. The van der Waals surface area contributed by atoms with Crippen LogP contribution in [0.3, 0.4) is 0 Å². The topological polar surface area (TPSA) is 41.5 Å². The highest BCUT2D eigenvalue weighted by molar-refractivity contribution is 6.42. The third-order valence-corrected chi connectivity index (χ3v) is 3.66. The lowest BCUT2D eigenvalue weighted by Gasteiger charge is -2.23. The monoisotopic (exact) mass is 311 g/mol. The SMILES string of the molecule is Cl.OC[C@@H]1CNCCO[C@@H]1c1ccc(Cl)c(Cl)c1. The highest BCUT2D eigenvalue weighted by atomic mass is 35.5. The second-order valence-corrected chi connectivity index (χ2v) is 4.93. The first-order valence-electron chi connectivity index (χ1n) is 5.60. The molecule has 2 atom stereocenters. The molecule has 0 amide bonds. The molecule has 3 nitrogen and oxygen atoms in total. The number of hydrogen-bond donors (Lipinski definition) is 2. The Morgan fingerprint density at radius 1 is 1.33 bits per heavy atom. The molecule has 0 radical (unpaired) electrons. The van der Waals surface area contributed by atoms with Gasteiger partial charge in [0.1, 0.15) is 0 Å². The van der Waals surface area contributed by atoms with E-state index in [9.17, 15) is 5.11 Å². The molecular formula is C12H16Cl3NO2. The molecule has 0 bridgehead atoms. The lowest BCUT2D eigenvalue weighted by atomic mass is 9.96. The largest absolute Gasteiger partial charge is 0.396 e. The Morgan fingerprint density at radius 3 is 2.78 bits per heavy atom. The lowest BCUT2D eigenvalue weighted by molar-refractivity contribution is 0.0115. The highest BCUT2D eigenvalue weighted by Crippen LogP contribution is 2.31. The Morgan fingerprint density at radius 2 is 2.11 bits per heavy atom. The van der Waals surface area contributed by atoms with E-state index < -0.39 is 0 Å². The van der Waals surface area contributed by atoms with E-state index in [-0.39, 0.29) is 31.0 Å². The molecule has 1 aliphatic rings. The molecule has 0 spiro atoms. The zero-order valence-corrected chi connectivity index (χ0v) is 12.1. The Hall–Kier alpha value is -0.0300. The van der Waals surface area contributed by atoms with Gasteiger partial charge >= 0.3 is 0 Å². The van der Waals surface area contributed by atoms with E-state index in [1.54, 1.807) is 6.07 Å². The van der Waals surface area contributed by atoms with Crippen LogP contribution in [-0.4, -0.2) is 31.4 Å². The van der Waals surface area contributed by atoms with E-state index >= 15 is 0 Å². The van der Waals surface area contributed by atoms with Gasteiger partial charge in [-0.2, -0.15) is 0 Å². The molecule has 0 aliphatic carbocycles. The van der Waals surface area contributed by atoms with Crippen molar-refractivity contribution in [3.8, 4) is 0 Å². The number of ether oxygens (including phenoxy) is 1. The minimum atomic E-state index is -0.134. The summed E-state index contributed by atoms with van der Waals surface area (Å²) in [4.78, 5) is 0. The van der Waals surface area contributed by atoms with Crippen LogP contribution in [0.25, 0.3) is 0 Å². The minimum absolute atomic E-state index is 0. The maximum atomic E-state index is 9.39. The average Bonchev–Trinajstić information content (AvgIpc) is 2.57. The average molecular weight is 313 g/mol. The van der Waals surface area contributed by atoms with Crippen molar-refractivity contribution >= 4 is 35.6 Å². The van der Waals surface area contributed by atoms with Crippen LogP contribution < -0.4 is 5.32 Å². The third-order valence-electron chi connectivity index (χ3n) is 2.92. The molecule has 1 fully saturated rings. The number of nitrogens with one attached hydrogen (secondary N) is 1. The first kappa shape index (κ1) is 16.0.